The standard InChI is InChI=1S/C14H11ClFNO3S2/c15-9-4-1-3-8(12(9)16)7-10-13(20)17(14(21)22-10)6-2-5-11(18)19/h1,3-4,7H,2,5-6H2,(H,18,19)/b10-7-. The lowest BCUT2D eigenvalue weighted by Gasteiger charge is -2.13. The van der Waals surface area contributed by atoms with Crippen LogP contribution in [0.25, 0.3) is 6.08 Å². The van der Waals surface area contributed by atoms with Gasteiger partial charge in [-0.05, 0) is 18.6 Å². The maximum Gasteiger partial charge on any atom is 0.303 e. The Hall–Kier alpha value is -1.44. The van der Waals surface area contributed by atoms with E-state index in [1.807, 2.05) is 0 Å². The summed E-state index contributed by atoms with van der Waals surface area (Å²) in [6, 6.07) is 4.52. The molecule has 0 bridgehead atoms. The lowest BCUT2D eigenvalue weighted by atomic mass is 10.2. The number of halogens is 2. The van der Waals surface area contributed by atoms with Gasteiger partial charge in [-0.3, -0.25) is 14.5 Å². The van der Waals surface area contributed by atoms with E-state index in [2.05, 4.69) is 0 Å². The van der Waals surface area contributed by atoms with E-state index in [0.29, 0.717) is 15.6 Å². The van der Waals surface area contributed by atoms with Crippen molar-refractivity contribution in [3.05, 3.63) is 39.5 Å². The lowest BCUT2D eigenvalue weighted by Crippen LogP contribution is -2.29. The predicted octanol–water partition coefficient (Wildman–Crippen LogP) is 3.55. The molecule has 1 N–H and O–H groups in total. The van der Waals surface area contributed by atoms with Crippen LogP contribution in [0.2, 0.25) is 5.02 Å². The van der Waals surface area contributed by atoms with Crippen LogP contribution >= 0.6 is 35.6 Å². The number of thiocarbonyl (C=S) groups is 1. The molecule has 0 radical (unpaired) electrons. The predicted molar refractivity (Wildman–Crippen MR) is 88.2 cm³/mol. The molecule has 4 nitrogen and oxygen atoms in total. The molecule has 8 heteroatoms. The highest BCUT2D eigenvalue weighted by Crippen LogP contribution is 2.33. The molecule has 1 aliphatic heterocycles. The van der Waals surface area contributed by atoms with E-state index in [9.17, 15) is 14.0 Å². The Bertz CT molecular complexity index is 678. The highest BCUT2D eigenvalue weighted by molar-refractivity contribution is 8.26. The van der Waals surface area contributed by atoms with Crippen molar-refractivity contribution in [3.8, 4) is 0 Å². The molecule has 22 heavy (non-hydrogen) atoms. The molecular formula is C14H11ClFNO3S2. The molecule has 0 saturated carbocycles. The van der Waals surface area contributed by atoms with Crippen LogP contribution in [-0.2, 0) is 9.59 Å². The van der Waals surface area contributed by atoms with Crippen LogP contribution in [0.4, 0.5) is 4.39 Å². The highest BCUT2D eigenvalue weighted by atomic mass is 35.5. The molecule has 0 atom stereocenters. The highest BCUT2D eigenvalue weighted by Gasteiger charge is 2.31. The van der Waals surface area contributed by atoms with Crippen molar-refractivity contribution in [2.45, 2.75) is 12.8 Å². The van der Waals surface area contributed by atoms with Gasteiger partial charge in [0.1, 0.15) is 10.1 Å². The summed E-state index contributed by atoms with van der Waals surface area (Å²) in [5.74, 6) is -1.87. The number of aliphatic carboxylic acids is 1. The Morgan fingerprint density at radius 3 is 2.91 bits per heavy atom. The molecule has 0 spiro atoms. The van der Waals surface area contributed by atoms with Gasteiger partial charge in [-0.2, -0.15) is 0 Å². The Labute approximate surface area is 140 Å². The van der Waals surface area contributed by atoms with Crippen LogP contribution in [-0.4, -0.2) is 32.7 Å². The first-order chi connectivity index (χ1) is 10.4. The van der Waals surface area contributed by atoms with E-state index in [1.165, 1.54) is 23.1 Å². The first-order valence-corrected chi connectivity index (χ1v) is 7.91. The normalized spacial score (nSPS) is 16.6. The lowest BCUT2D eigenvalue weighted by molar-refractivity contribution is -0.137. The van der Waals surface area contributed by atoms with Crippen LogP contribution in [0, 0.1) is 5.82 Å². The fourth-order valence-corrected chi connectivity index (χ4v) is 3.34. The average Bonchev–Trinajstić information content (AvgIpc) is 2.71. The van der Waals surface area contributed by atoms with Crippen LogP contribution in [0.15, 0.2) is 23.1 Å². The number of carboxylic acids is 1. The van der Waals surface area contributed by atoms with Crippen molar-refractivity contribution >= 4 is 57.9 Å². The number of amides is 1. The van der Waals surface area contributed by atoms with Gasteiger partial charge in [0.25, 0.3) is 5.91 Å². The van der Waals surface area contributed by atoms with Crippen molar-refractivity contribution in [3.63, 3.8) is 0 Å². The molecule has 0 aliphatic carbocycles. The summed E-state index contributed by atoms with van der Waals surface area (Å²) in [6.07, 6.45) is 1.66. The minimum Gasteiger partial charge on any atom is -0.481 e. The Morgan fingerprint density at radius 1 is 1.50 bits per heavy atom. The maximum absolute atomic E-state index is 13.9. The van der Waals surface area contributed by atoms with Crippen molar-refractivity contribution in [1.29, 1.82) is 0 Å². The molecule has 1 aliphatic rings. The first-order valence-electron chi connectivity index (χ1n) is 6.31. The zero-order chi connectivity index (χ0) is 16.3. The second kappa shape index (κ2) is 7.21. The number of carbonyl (C=O) groups excluding carboxylic acids is 1. The molecule has 1 saturated heterocycles. The smallest absolute Gasteiger partial charge is 0.303 e. The Kier molecular flexibility index (Phi) is 5.55. The molecule has 1 aromatic rings. The van der Waals surface area contributed by atoms with Crippen LogP contribution in [0.1, 0.15) is 18.4 Å². The third kappa shape index (κ3) is 3.85. The van der Waals surface area contributed by atoms with Crippen molar-refractivity contribution in [2.75, 3.05) is 6.54 Å². The molecule has 1 fully saturated rings. The molecule has 0 unspecified atom stereocenters. The number of carboxylic acid groups (broad SMARTS) is 1. The first kappa shape index (κ1) is 16.9. The minimum atomic E-state index is -0.929. The van der Waals surface area contributed by atoms with Crippen molar-refractivity contribution in [1.82, 2.24) is 4.90 Å². The Balaban J connectivity index is 2.15. The molecule has 0 aromatic heterocycles. The number of carbonyl (C=O) groups is 2. The summed E-state index contributed by atoms with van der Waals surface area (Å²) in [7, 11) is 0. The quantitative estimate of drug-likeness (QED) is 0.643. The molecule has 1 aromatic carbocycles. The van der Waals surface area contributed by atoms with Crippen LogP contribution in [0.3, 0.4) is 0 Å². The summed E-state index contributed by atoms with van der Waals surface area (Å²) in [4.78, 5) is 24.4. The van der Waals surface area contributed by atoms with E-state index < -0.39 is 11.8 Å². The van der Waals surface area contributed by atoms with E-state index >= 15 is 0 Å². The van der Waals surface area contributed by atoms with Gasteiger partial charge in [0.2, 0.25) is 0 Å². The van der Waals surface area contributed by atoms with Gasteiger partial charge >= 0.3 is 5.97 Å². The molecule has 1 amide bonds. The minimum absolute atomic E-state index is 0.0225. The van der Waals surface area contributed by atoms with Crippen LogP contribution < -0.4 is 0 Å². The number of nitrogens with zero attached hydrogens (tertiary/aromatic N) is 1. The maximum atomic E-state index is 13.9. The fraction of sp³-hybridized carbons (Fsp3) is 0.214. The number of hydrogen-bond donors (Lipinski definition) is 1. The van der Waals surface area contributed by atoms with Gasteiger partial charge in [-0.15, -0.1) is 0 Å². The summed E-state index contributed by atoms with van der Waals surface area (Å²) in [6.45, 7) is 0.229. The second-order valence-electron chi connectivity index (χ2n) is 4.47. The molecule has 116 valence electrons. The van der Waals surface area contributed by atoms with Gasteiger partial charge < -0.3 is 5.11 Å². The number of hydrogen-bond acceptors (Lipinski definition) is 4. The summed E-state index contributed by atoms with van der Waals surface area (Å²) in [5, 5.41) is 8.59. The van der Waals surface area contributed by atoms with Gasteiger partial charge in [0.05, 0.1) is 9.93 Å². The van der Waals surface area contributed by atoms with Crippen molar-refractivity contribution in [2.24, 2.45) is 0 Å². The fourth-order valence-electron chi connectivity index (χ4n) is 1.85. The third-order valence-electron chi connectivity index (χ3n) is 2.91. The van der Waals surface area contributed by atoms with E-state index in [-0.39, 0.29) is 29.5 Å². The SMILES string of the molecule is O=C(O)CCCN1C(=O)/C(=C/c2cccc(Cl)c2F)SC1=S. The van der Waals surface area contributed by atoms with Gasteiger partial charge in [-0.25, -0.2) is 4.39 Å². The largest absolute Gasteiger partial charge is 0.481 e. The number of thioether (sulfide) groups is 1. The number of benzene rings is 1. The summed E-state index contributed by atoms with van der Waals surface area (Å²) in [5.41, 5.74) is 0.207. The van der Waals surface area contributed by atoms with E-state index in [1.54, 1.807) is 6.07 Å². The Morgan fingerprint density at radius 2 is 2.23 bits per heavy atom. The topological polar surface area (TPSA) is 57.6 Å². The summed E-state index contributed by atoms with van der Waals surface area (Å²) < 4.78 is 14.2. The zero-order valence-electron chi connectivity index (χ0n) is 11.2. The van der Waals surface area contributed by atoms with Gasteiger partial charge in [-0.1, -0.05) is 47.7 Å². The third-order valence-corrected chi connectivity index (χ3v) is 4.58. The summed E-state index contributed by atoms with van der Waals surface area (Å²) >= 11 is 11.9. The molecule has 1 heterocycles. The van der Waals surface area contributed by atoms with Crippen molar-refractivity contribution < 1.29 is 19.1 Å². The van der Waals surface area contributed by atoms with E-state index in [0.717, 1.165) is 11.8 Å². The zero-order valence-corrected chi connectivity index (χ0v) is 13.6. The molecular weight excluding hydrogens is 349 g/mol. The van der Waals surface area contributed by atoms with Gasteiger partial charge in [0.15, 0.2) is 0 Å². The van der Waals surface area contributed by atoms with Crippen LogP contribution in [0.5, 0.6) is 0 Å². The second-order valence-corrected chi connectivity index (χ2v) is 6.56. The van der Waals surface area contributed by atoms with E-state index in [4.69, 9.17) is 28.9 Å². The monoisotopic (exact) mass is 359 g/mol. The molecule has 2 rings (SSSR count). The number of rotatable bonds is 5. The van der Waals surface area contributed by atoms with Gasteiger partial charge in [0, 0.05) is 18.5 Å². The average molecular weight is 360 g/mol.